The molecule has 3 rings (SSSR count). The molecule has 0 bridgehead atoms. The average Bonchev–Trinajstić information content (AvgIpc) is 3.25. The van der Waals surface area contributed by atoms with Gasteiger partial charge in [-0.1, -0.05) is 12.1 Å². The van der Waals surface area contributed by atoms with E-state index < -0.39 is 29.1 Å². The van der Waals surface area contributed by atoms with Gasteiger partial charge in [0.25, 0.3) is 11.8 Å². The summed E-state index contributed by atoms with van der Waals surface area (Å²) in [5, 5.41) is 5.35. The van der Waals surface area contributed by atoms with Crippen LogP contribution < -0.4 is 15.4 Å². The summed E-state index contributed by atoms with van der Waals surface area (Å²) in [4.78, 5) is 25.6. The largest absolute Gasteiger partial charge is 0.497 e. The van der Waals surface area contributed by atoms with E-state index in [0.29, 0.717) is 11.3 Å². The molecule has 0 aliphatic carbocycles. The van der Waals surface area contributed by atoms with Crippen LogP contribution in [0, 0.1) is 0 Å². The molecule has 0 unspecified atom stereocenters. The standard InChI is InChI=1S/C26H25F3N2O4/c1-25(2,3)31-24(33)21(30-23(32)16-8-10-19(34-4)11-9-16)15-20-12-13-22(35-20)17-6-5-7-18(14-17)26(27,28)29/h5-15H,1-4H3,(H,30,32)(H,31,33). The fourth-order valence-corrected chi connectivity index (χ4v) is 3.08. The molecule has 2 aromatic carbocycles. The van der Waals surface area contributed by atoms with Crippen LogP contribution in [-0.4, -0.2) is 24.5 Å². The Morgan fingerprint density at radius 2 is 1.66 bits per heavy atom. The van der Waals surface area contributed by atoms with E-state index in [4.69, 9.17) is 9.15 Å². The van der Waals surface area contributed by atoms with E-state index in [9.17, 15) is 22.8 Å². The van der Waals surface area contributed by atoms with E-state index in [1.807, 2.05) is 0 Å². The van der Waals surface area contributed by atoms with Gasteiger partial charge in [0.15, 0.2) is 0 Å². The molecule has 9 heteroatoms. The predicted molar refractivity (Wildman–Crippen MR) is 125 cm³/mol. The van der Waals surface area contributed by atoms with E-state index in [0.717, 1.165) is 12.1 Å². The summed E-state index contributed by atoms with van der Waals surface area (Å²) in [5.74, 6) is -0.171. The number of ether oxygens (including phenoxy) is 1. The van der Waals surface area contributed by atoms with Gasteiger partial charge in [0, 0.05) is 22.7 Å². The van der Waals surface area contributed by atoms with Crippen molar-refractivity contribution in [3.05, 3.63) is 83.2 Å². The highest BCUT2D eigenvalue weighted by Crippen LogP contribution is 2.32. The molecule has 35 heavy (non-hydrogen) atoms. The van der Waals surface area contributed by atoms with Crippen molar-refractivity contribution in [2.75, 3.05) is 7.11 Å². The number of methoxy groups -OCH3 is 1. The number of carbonyl (C=O) groups is 2. The van der Waals surface area contributed by atoms with E-state index in [-0.39, 0.29) is 22.8 Å². The minimum Gasteiger partial charge on any atom is -0.497 e. The van der Waals surface area contributed by atoms with Crippen LogP contribution in [0.1, 0.15) is 42.5 Å². The fourth-order valence-electron chi connectivity index (χ4n) is 3.08. The molecule has 0 fully saturated rings. The van der Waals surface area contributed by atoms with E-state index in [1.165, 1.54) is 37.5 Å². The number of hydrogen-bond acceptors (Lipinski definition) is 4. The Morgan fingerprint density at radius 3 is 2.26 bits per heavy atom. The van der Waals surface area contributed by atoms with Gasteiger partial charge in [0.2, 0.25) is 0 Å². The second-order valence-electron chi connectivity index (χ2n) is 8.73. The summed E-state index contributed by atoms with van der Waals surface area (Å²) in [6.45, 7) is 5.35. The van der Waals surface area contributed by atoms with Gasteiger partial charge in [0.1, 0.15) is 23.0 Å². The molecule has 0 spiro atoms. The number of furan rings is 1. The van der Waals surface area contributed by atoms with Crippen LogP contribution in [0.5, 0.6) is 5.75 Å². The van der Waals surface area contributed by atoms with Gasteiger partial charge >= 0.3 is 6.18 Å². The maximum absolute atomic E-state index is 13.1. The van der Waals surface area contributed by atoms with Gasteiger partial charge < -0.3 is 19.8 Å². The van der Waals surface area contributed by atoms with Crippen molar-refractivity contribution in [1.29, 1.82) is 0 Å². The second-order valence-corrected chi connectivity index (χ2v) is 8.73. The molecule has 0 saturated heterocycles. The highest BCUT2D eigenvalue weighted by molar-refractivity contribution is 6.05. The molecular formula is C26H25F3N2O4. The first-order chi connectivity index (χ1) is 16.4. The Labute approximate surface area is 200 Å². The Balaban J connectivity index is 1.91. The Kier molecular flexibility index (Phi) is 7.38. The number of carbonyl (C=O) groups excluding carboxylic acids is 2. The molecule has 0 radical (unpaired) electrons. The maximum Gasteiger partial charge on any atom is 0.416 e. The van der Waals surface area contributed by atoms with E-state index >= 15 is 0 Å². The molecule has 3 aromatic rings. The van der Waals surface area contributed by atoms with Crippen molar-refractivity contribution < 1.29 is 31.9 Å². The quantitative estimate of drug-likeness (QED) is 0.441. The number of nitrogens with one attached hydrogen (secondary N) is 2. The van der Waals surface area contributed by atoms with Crippen LogP contribution in [0.2, 0.25) is 0 Å². The third-order valence-corrected chi connectivity index (χ3v) is 4.72. The summed E-state index contributed by atoms with van der Waals surface area (Å²) in [6.07, 6.45) is -3.17. The number of rotatable bonds is 6. The number of hydrogen-bond donors (Lipinski definition) is 2. The van der Waals surface area contributed by atoms with Crippen molar-refractivity contribution in [1.82, 2.24) is 10.6 Å². The van der Waals surface area contributed by atoms with E-state index in [2.05, 4.69) is 10.6 Å². The molecular weight excluding hydrogens is 461 g/mol. The van der Waals surface area contributed by atoms with Crippen molar-refractivity contribution in [2.45, 2.75) is 32.5 Å². The first-order valence-electron chi connectivity index (χ1n) is 10.6. The van der Waals surface area contributed by atoms with Crippen molar-refractivity contribution >= 4 is 17.9 Å². The second kappa shape index (κ2) is 10.1. The topological polar surface area (TPSA) is 80.6 Å². The summed E-state index contributed by atoms with van der Waals surface area (Å²) < 4.78 is 49.9. The van der Waals surface area contributed by atoms with Crippen molar-refractivity contribution in [3.8, 4) is 17.1 Å². The lowest BCUT2D eigenvalue weighted by atomic mass is 10.1. The SMILES string of the molecule is COc1ccc(C(=O)NC(=Cc2ccc(-c3cccc(C(F)(F)F)c3)o2)C(=O)NC(C)(C)C)cc1. The number of benzene rings is 2. The predicted octanol–water partition coefficient (Wildman–Crippen LogP) is 5.66. The minimum absolute atomic E-state index is 0.0920. The molecule has 0 aliphatic rings. The zero-order valence-electron chi connectivity index (χ0n) is 19.6. The van der Waals surface area contributed by atoms with Gasteiger partial charge in [0.05, 0.1) is 12.7 Å². The zero-order valence-corrected chi connectivity index (χ0v) is 19.6. The van der Waals surface area contributed by atoms with Crippen molar-refractivity contribution in [3.63, 3.8) is 0 Å². The summed E-state index contributed by atoms with van der Waals surface area (Å²) in [5.41, 5.74) is -0.967. The lowest BCUT2D eigenvalue weighted by molar-refractivity contribution is -0.137. The molecule has 6 nitrogen and oxygen atoms in total. The molecule has 184 valence electrons. The number of halogens is 3. The van der Waals surface area contributed by atoms with Crippen LogP contribution in [0.25, 0.3) is 17.4 Å². The van der Waals surface area contributed by atoms with E-state index in [1.54, 1.807) is 45.0 Å². The molecule has 2 amide bonds. The first kappa shape index (κ1) is 25.6. The van der Waals surface area contributed by atoms with Gasteiger partial charge in [-0.25, -0.2) is 0 Å². The van der Waals surface area contributed by atoms with Crippen LogP contribution in [0.3, 0.4) is 0 Å². The summed E-state index contributed by atoms with van der Waals surface area (Å²) >= 11 is 0. The molecule has 2 N–H and O–H groups in total. The van der Waals surface area contributed by atoms with Gasteiger partial charge in [-0.05, 0) is 69.3 Å². The number of alkyl halides is 3. The highest BCUT2D eigenvalue weighted by atomic mass is 19.4. The average molecular weight is 486 g/mol. The first-order valence-corrected chi connectivity index (χ1v) is 10.6. The lowest BCUT2D eigenvalue weighted by Crippen LogP contribution is -2.44. The lowest BCUT2D eigenvalue weighted by Gasteiger charge is -2.21. The van der Waals surface area contributed by atoms with Crippen molar-refractivity contribution in [2.24, 2.45) is 0 Å². The monoisotopic (exact) mass is 486 g/mol. The molecule has 1 aromatic heterocycles. The third-order valence-electron chi connectivity index (χ3n) is 4.72. The highest BCUT2D eigenvalue weighted by Gasteiger charge is 2.30. The molecule has 0 aliphatic heterocycles. The van der Waals surface area contributed by atoms with Gasteiger partial charge in [-0.2, -0.15) is 13.2 Å². The van der Waals surface area contributed by atoms with Crippen LogP contribution in [-0.2, 0) is 11.0 Å². The molecule has 1 heterocycles. The molecule has 0 saturated carbocycles. The van der Waals surface area contributed by atoms with Gasteiger partial charge in [-0.15, -0.1) is 0 Å². The normalized spacial score (nSPS) is 12.3. The fraction of sp³-hybridized carbons (Fsp3) is 0.231. The molecule has 0 atom stereocenters. The van der Waals surface area contributed by atoms with Crippen LogP contribution in [0.4, 0.5) is 13.2 Å². The summed E-state index contributed by atoms with van der Waals surface area (Å²) in [7, 11) is 1.50. The number of amides is 2. The maximum atomic E-state index is 13.1. The third kappa shape index (κ3) is 6.99. The zero-order chi connectivity index (χ0) is 25.8. The van der Waals surface area contributed by atoms with Crippen LogP contribution >= 0.6 is 0 Å². The smallest absolute Gasteiger partial charge is 0.416 e. The van der Waals surface area contributed by atoms with Gasteiger partial charge in [-0.3, -0.25) is 9.59 Å². The Morgan fingerprint density at radius 1 is 0.971 bits per heavy atom. The minimum atomic E-state index is -4.49. The summed E-state index contributed by atoms with van der Waals surface area (Å²) in [6, 6.07) is 14.0. The Hall–Kier alpha value is -4.01. The Bertz CT molecular complexity index is 1240. The van der Waals surface area contributed by atoms with Crippen LogP contribution in [0.15, 0.2) is 70.8 Å².